The normalized spacial score (nSPS) is 25.9. The van der Waals surface area contributed by atoms with Crippen LogP contribution in [0.15, 0.2) is 0 Å². The molecule has 0 aromatic heterocycles. The minimum atomic E-state index is -0.830. The third kappa shape index (κ3) is 2.70. The second kappa shape index (κ2) is 4.95. The molecule has 0 aromatic rings. The highest BCUT2D eigenvalue weighted by Crippen LogP contribution is 2.14. The van der Waals surface area contributed by atoms with Gasteiger partial charge in [0.1, 0.15) is 0 Å². The standard InChI is InChI=1S/C9H16N2O3/c1-6-3-10-4-7(6)5-11-8(12)9(13)14-2/h6-7,10H,3-5H2,1-2H3,(H,11,12)/t6-,7+/m1/s1. The number of amides is 1. The van der Waals surface area contributed by atoms with Gasteiger partial charge in [-0.05, 0) is 24.9 Å². The van der Waals surface area contributed by atoms with Gasteiger partial charge in [-0.25, -0.2) is 4.79 Å². The van der Waals surface area contributed by atoms with E-state index in [1.165, 1.54) is 7.11 Å². The van der Waals surface area contributed by atoms with Crippen LogP contribution in [-0.4, -0.2) is 38.6 Å². The molecule has 1 heterocycles. The van der Waals surface area contributed by atoms with E-state index >= 15 is 0 Å². The zero-order chi connectivity index (χ0) is 10.6. The quantitative estimate of drug-likeness (QED) is 0.449. The van der Waals surface area contributed by atoms with Crippen molar-refractivity contribution in [1.29, 1.82) is 0 Å². The van der Waals surface area contributed by atoms with Crippen molar-refractivity contribution in [3.63, 3.8) is 0 Å². The Hall–Kier alpha value is -1.10. The maximum atomic E-state index is 11.0. The maximum absolute atomic E-state index is 11.0. The van der Waals surface area contributed by atoms with Gasteiger partial charge in [0.25, 0.3) is 0 Å². The molecule has 1 rings (SSSR count). The monoisotopic (exact) mass is 200 g/mol. The largest absolute Gasteiger partial charge is 0.462 e. The summed E-state index contributed by atoms with van der Waals surface area (Å²) >= 11 is 0. The van der Waals surface area contributed by atoms with E-state index in [0.29, 0.717) is 18.4 Å². The lowest BCUT2D eigenvalue weighted by molar-refractivity contribution is -0.152. The molecule has 80 valence electrons. The maximum Gasteiger partial charge on any atom is 0.396 e. The molecule has 5 heteroatoms. The zero-order valence-electron chi connectivity index (χ0n) is 8.50. The minimum Gasteiger partial charge on any atom is -0.462 e. The average molecular weight is 200 g/mol. The first-order valence-corrected chi connectivity index (χ1v) is 4.72. The summed E-state index contributed by atoms with van der Waals surface area (Å²) in [4.78, 5) is 21.8. The molecule has 0 spiro atoms. The summed E-state index contributed by atoms with van der Waals surface area (Å²) in [5.41, 5.74) is 0. The molecule has 2 atom stereocenters. The third-order valence-corrected chi connectivity index (χ3v) is 2.57. The van der Waals surface area contributed by atoms with Crippen molar-refractivity contribution in [3.05, 3.63) is 0 Å². The van der Waals surface area contributed by atoms with Crippen molar-refractivity contribution >= 4 is 11.9 Å². The summed E-state index contributed by atoms with van der Waals surface area (Å²) in [6.07, 6.45) is 0. The SMILES string of the molecule is COC(=O)C(=O)NC[C@@H]1CNC[C@H]1C. The van der Waals surface area contributed by atoms with Gasteiger partial charge in [-0.3, -0.25) is 4.79 Å². The first kappa shape index (κ1) is 11.0. The summed E-state index contributed by atoms with van der Waals surface area (Å²) in [6.45, 7) is 4.51. The predicted molar refractivity (Wildman–Crippen MR) is 50.5 cm³/mol. The molecule has 1 aliphatic heterocycles. The van der Waals surface area contributed by atoms with Gasteiger partial charge in [0.15, 0.2) is 0 Å². The topological polar surface area (TPSA) is 67.4 Å². The molecule has 5 nitrogen and oxygen atoms in total. The summed E-state index contributed by atoms with van der Waals surface area (Å²) in [5.74, 6) is -0.549. The van der Waals surface area contributed by atoms with Gasteiger partial charge in [0.2, 0.25) is 0 Å². The molecule has 14 heavy (non-hydrogen) atoms. The Morgan fingerprint density at radius 1 is 1.50 bits per heavy atom. The molecule has 0 unspecified atom stereocenters. The fourth-order valence-electron chi connectivity index (χ4n) is 1.53. The molecule has 0 radical (unpaired) electrons. The number of methoxy groups -OCH3 is 1. The highest BCUT2D eigenvalue weighted by Gasteiger charge is 2.24. The number of rotatable bonds is 2. The van der Waals surface area contributed by atoms with Crippen molar-refractivity contribution in [2.45, 2.75) is 6.92 Å². The first-order chi connectivity index (χ1) is 6.65. The Labute approximate surface area is 83.2 Å². The first-order valence-electron chi connectivity index (χ1n) is 4.72. The Morgan fingerprint density at radius 3 is 2.71 bits per heavy atom. The summed E-state index contributed by atoms with van der Waals surface area (Å²) in [5, 5.41) is 5.77. The smallest absolute Gasteiger partial charge is 0.396 e. The fourth-order valence-corrected chi connectivity index (χ4v) is 1.53. The Bertz CT molecular complexity index is 230. The fraction of sp³-hybridized carbons (Fsp3) is 0.778. The summed E-state index contributed by atoms with van der Waals surface area (Å²) < 4.78 is 4.29. The molecular weight excluding hydrogens is 184 g/mol. The van der Waals surface area contributed by atoms with E-state index in [-0.39, 0.29) is 0 Å². The van der Waals surface area contributed by atoms with Crippen LogP contribution in [0.4, 0.5) is 0 Å². The van der Waals surface area contributed by atoms with Gasteiger partial charge in [0, 0.05) is 6.54 Å². The van der Waals surface area contributed by atoms with E-state index in [1.807, 2.05) is 0 Å². The van der Waals surface area contributed by atoms with E-state index in [9.17, 15) is 9.59 Å². The van der Waals surface area contributed by atoms with Crippen molar-refractivity contribution in [2.24, 2.45) is 11.8 Å². The molecule has 1 saturated heterocycles. The number of esters is 1. The number of nitrogens with one attached hydrogen (secondary N) is 2. The highest BCUT2D eigenvalue weighted by molar-refractivity contribution is 6.32. The molecule has 0 aromatic carbocycles. The molecule has 0 aliphatic carbocycles. The molecule has 1 amide bonds. The van der Waals surface area contributed by atoms with Crippen LogP contribution in [0.25, 0.3) is 0 Å². The van der Waals surface area contributed by atoms with E-state index in [4.69, 9.17) is 0 Å². The van der Waals surface area contributed by atoms with E-state index in [2.05, 4.69) is 22.3 Å². The average Bonchev–Trinajstić information content (AvgIpc) is 2.59. The van der Waals surface area contributed by atoms with Gasteiger partial charge in [-0.1, -0.05) is 6.92 Å². The van der Waals surface area contributed by atoms with Crippen LogP contribution in [0.2, 0.25) is 0 Å². The lowest BCUT2D eigenvalue weighted by atomic mass is 9.98. The van der Waals surface area contributed by atoms with E-state index in [1.54, 1.807) is 0 Å². The van der Waals surface area contributed by atoms with Crippen molar-refractivity contribution in [2.75, 3.05) is 26.7 Å². The van der Waals surface area contributed by atoms with Crippen LogP contribution in [0, 0.1) is 11.8 Å². The molecule has 2 N–H and O–H groups in total. The van der Waals surface area contributed by atoms with Gasteiger partial charge in [-0.15, -0.1) is 0 Å². The second-order valence-corrected chi connectivity index (χ2v) is 3.60. The van der Waals surface area contributed by atoms with Crippen molar-refractivity contribution < 1.29 is 14.3 Å². The Kier molecular flexibility index (Phi) is 3.88. The molecular formula is C9H16N2O3. The lowest BCUT2D eigenvalue weighted by Gasteiger charge is -2.13. The Morgan fingerprint density at radius 2 is 2.21 bits per heavy atom. The molecule has 0 saturated carbocycles. The molecule has 1 fully saturated rings. The van der Waals surface area contributed by atoms with Gasteiger partial charge in [0.05, 0.1) is 7.11 Å². The van der Waals surface area contributed by atoms with Crippen LogP contribution in [0.5, 0.6) is 0 Å². The number of hydrogen-bond donors (Lipinski definition) is 2. The van der Waals surface area contributed by atoms with Gasteiger partial charge < -0.3 is 15.4 Å². The Balaban J connectivity index is 2.26. The zero-order valence-corrected chi connectivity index (χ0v) is 8.50. The minimum absolute atomic E-state index is 0.406. The number of hydrogen-bond acceptors (Lipinski definition) is 4. The van der Waals surface area contributed by atoms with Crippen LogP contribution in [0.3, 0.4) is 0 Å². The predicted octanol–water partition coefficient (Wildman–Crippen LogP) is -0.869. The van der Waals surface area contributed by atoms with Crippen LogP contribution >= 0.6 is 0 Å². The number of carbonyl (C=O) groups is 2. The van der Waals surface area contributed by atoms with Crippen LogP contribution in [-0.2, 0) is 14.3 Å². The van der Waals surface area contributed by atoms with Crippen molar-refractivity contribution in [1.82, 2.24) is 10.6 Å². The summed E-state index contributed by atoms with van der Waals surface area (Å²) in [6, 6.07) is 0. The number of ether oxygens (including phenoxy) is 1. The van der Waals surface area contributed by atoms with Crippen molar-refractivity contribution in [3.8, 4) is 0 Å². The highest BCUT2D eigenvalue weighted by atomic mass is 16.5. The third-order valence-electron chi connectivity index (χ3n) is 2.57. The van der Waals surface area contributed by atoms with Gasteiger partial charge in [-0.2, -0.15) is 0 Å². The molecule has 1 aliphatic rings. The van der Waals surface area contributed by atoms with Crippen LogP contribution in [0.1, 0.15) is 6.92 Å². The van der Waals surface area contributed by atoms with E-state index in [0.717, 1.165) is 13.1 Å². The molecule has 0 bridgehead atoms. The summed E-state index contributed by atoms with van der Waals surface area (Å²) in [7, 11) is 1.20. The second-order valence-electron chi connectivity index (χ2n) is 3.60. The van der Waals surface area contributed by atoms with E-state index < -0.39 is 11.9 Å². The van der Waals surface area contributed by atoms with Gasteiger partial charge >= 0.3 is 11.9 Å². The number of carbonyl (C=O) groups excluding carboxylic acids is 2. The van der Waals surface area contributed by atoms with Crippen LogP contribution < -0.4 is 10.6 Å². The lowest BCUT2D eigenvalue weighted by Crippen LogP contribution is -2.37.